The van der Waals surface area contributed by atoms with E-state index in [0.717, 1.165) is 49.8 Å². The lowest BCUT2D eigenvalue weighted by Crippen LogP contribution is -2.59. The topological polar surface area (TPSA) is 129 Å². The highest BCUT2D eigenvalue weighted by molar-refractivity contribution is 7.91. The molecular weight excluding hydrogens is 570 g/mol. The normalized spacial score (nSPS) is 39.5. The van der Waals surface area contributed by atoms with E-state index in [2.05, 4.69) is 29.2 Å². The molecule has 2 aliphatic heterocycles. The molecule has 1 aromatic rings. The highest BCUT2D eigenvalue weighted by Crippen LogP contribution is 2.64. The van der Waals surface area contributed by atoms with Gasteiger partial charge in [0.1, 0.15) is 12.4 Å². The van der Waals surface area contributed by atoms with Crippen LogP contribution in [-0.4, -0.2) is 81.9 Å². The number of hydrogen-bond acceptors (Lipinski definition) is 9. The van der Waals surface area contributed by atoms with Gasteiger partial charge in [-0.3, -0.25) is 9.45 Å². The summed E-state index contributed by atoms with van der Waals surface area (Å²) in [4.78, 5) is 14.4. The zero-order valence-corrected chi connectivity index (χ0v) is 25.4. The SMILES string of the molecule is CS(=O)(=O)O.O=S1(=O)CCN(CCOc2ccc(C3CCC4(CC3)OOC3(O4)C4CC5CC(C4)CC3C5)cc2)CC1. The molecule has 2 spiro atoms. The number of hydrogen-bond donors (Lipinski definition) is 1. The minimum atomic E-state index is -3.67. The monoisotopic (exact) mass is 613 g/mol. The summed E-state index contributed by atoms with van der Waals surface area (Å²) < 4.78 is 61.8. The van der Waals surface area contributed by atoms with Gasteiger partial charge < -0.3 is 9.47 Å². The van der Waals surface area contributed by atoms with Crippen molar-refractivity contribution >= 4 is 20.0 Å². The maximum atomic E-state index is 11.6. The predicted molar refractivity (Wildman–Crippen MR) is 151 cm³/mol. The quantitative estimate of drug-likeness (QED) is 0.387. The molecule has 12 heteroatoms. The van der Waals surface area contributed by atoms with Crippen LogP contribution >= 0.6 is 0 Å². The fraction of sp³-hybridized carbons (Fsp3) is 0.793. The molecule has 0 unspecified atom stereocenters. The smallest absolute Gasteiger partial charge is 0.261 e. The molecule has 7 fully saturated rings. The van der Waals surface area contributed by atoms with Crippen LogP contribution in [0.2, 0.25) is 0 Å². The van der Waals surface area contributed by atoms with Gasteiger partial charge >= 0.3 is 0 Å². The average Bonchev–Trinajstić information content (AvgIpc) is 3.28. The Kier molecular flexibility index (Phi) is 8.23. The van der Waals surface area contributed by atoms with Crippen molar-refractivity contribution in [2.24, 2.45) is 23.7 Å². The summed E-state index contributed by atoms with van der Waals surface area (Å²) in [5.41, 5.74) is 1.35. The van der Waals surface area contributed by atoms with Crippen molar-refractivity contribution in [2.75, 3.05) is 44.0 Å². The number of rotatable bonds is 5. The van der Waals surface area contributed by atoms with Gasteiger partial charge in [-0.25, -0.2) is 8.42 Å². The first-order chi connectivity index (χ1) is 19.4. The van der Waals surface area contributed by atoms with E-state index in [9.17, 15) is 16.8 Å². The molecule has 1 aromatic carbocycles. The van der Waals surface area contributed by atoms with Crippen LogP contribution in [0.15, 0.2) is 24.3 Å². The van der Waals surface area contributed by atoms with E-state index in [0.29, 0.717) is 43.7 Å². The van der Waals surface area contributed by atoms with Gasteiger partial charge in [0.05, 0.1) is 17.8 Å². The largest absolute Gasteiger partial charge is 0.492 e. The maximum Gasteiger partial charge on any atom is 0.261 e. The maximum absolute atomic E-state index is 11.6. The molecule has 230 valence electrons. The van der Waals surface area contributed by atoms with Crippen molar-refractivity contribution < 1.29 is 40.6 Å². The van der Waals surface area contributed by atoms with E-state index in [1.165, 1.54) is 37.7 Å². The van der Waals surface area contributed by atoms with Crippen LogP contribution in [0.1, 0.15) is 69.3 Å². The second-order valence-electron chi connectivity index (χ2n) is 13.1. The highest BCUT2D eigenvalue weighted by Gasteiger charge is 2.66. The molecule has 5 saturated carbocycles. The van der Waals surface area contributed by atoms with Gasteiger partial charge in [0.15, 0.2) is 9.84 Å². The van der Waals surface area contributed by atoms with Crippen LogP contribution in [0, 0.1) is 23.7 Å². The Morgan fingerprint density at radius 2 is 1.51 bits per heavy atom. The first-order valence-electron chi connectivity index (χ1n) is 15.1. The van der Waals surface area contributed by atoms with Crippen LogP contribution in [0.25, 0.3) is 0 Å². The number of ether oxygens (including phenoxy) is 2. The third-order valence-corrected chi connectivity index (χ3v) is 11.8. The number of sulfone groups is 1. The molecule has 7 aliphatic rings. The second kappa shape index (κ2) is 11.3. The minimum absolute atomic E-state index is 0.260. The molecule has 10 nitrogen and oxygen atoms in total. The summed E-state index contributed by atoms with van der Waals surface area (Å²) in [5, 5.41) is 0. The second-order valence-corrected chi connectivity index (χ2v) is 16.9. The lowest BCUT2D eigenvalue weighted by atomic mass is 9.53. The Balaban J connectivity index is 0.000000559. The molecule has 0 atom stereocenters. The van der Waals surface area contributed by atoms with Gasteiger partial charge in [0, 0.05) is 44.3 Å². The highest BCUT2D eigenvalue weighted by atomic mass is 32.2. The zero-order chi connectivity index (χ0) is 28.9. The van der Waals surface area contributed by atoms with E-state index in [1.807, 2.05) is 0 Å². The summed E-state index contributed by atoms with van der Waals surface area (Å²) in [5.74, 6) is 3.66. The fourth-order valence-corrected chi connectivity index (χ4v) is 9.57. The van der Waals surface area contributed by atoms with Crippen LogP contribution in [0.5, 0.6) is 5.75 Å². The Morgan fingerprint density at radius 3 is 2.07 bits per heavy atom. The van der Waals surface area contributed by atoms with E-state index < -0.39 is 31.5 Å². The predicted octanol–water partition coefficient (Wildman–Crippen LogP) is 3.78. The Bertz CT molecular complexity index is 1240. The van der Waals surface area contributed by atoms with E-state index in [-0.39, 0.29) is 11.5 Å². The van der Waals surface area contributed by atoms with Gasteiger partial charge in [-0.1, -0.05) is 12.1 Å². The zero-order valence-electron chi connectivity index (χ0n) is 23.8. The van der Waals surface area contributed by atoms with Crippen molar-refractivity contribution in [2.45, 2.75) is 75.3 Å². The Morgan fingerprint density at radius 1 is 0.951 bits per heavy atom. The first kappa shape index (κ1) is 29.8. The standard InChI is InChI=1S/C28H39NO6S.CH4O3S/c30-36(31)13-10-29(11-14-36)9-12-32-26-3-1-22(2-4-26)23-5-7-27(8-6-23)33-28(35-34-27)24-16-20-15-21(18-24)19-25(28)17-20;1-5(2,3)4/h1-4,20-21,23-25H,5-19H2;1H3,(H,2,3,4). The number of benzene rings is 1. The Labute approximate surface area is 243 Å². The van der Waals surface area contributed by atoms with Crippen molar-refractivity contribution in [3.05, 3.63) is 29.8 Å². The molecular formula is C29H43NO9S2. The van der Waals surface area contributed by atoms with Crippen LogP contribution < -0.4 is 4.74 Å². The van der Waals surface area contributed by atoms with E-state index in [1.54, 1.807) is 0 Å². The van der Waals surface area contributed by atoms with E-state index in [4.69, 9.17) is 23.8 Å². The lowest BCUT2D eigenvalue weighted by Gasteiger charge is -2.57. The van der Waals surface area contributed by atoms with Crippen LogP contribution in [0.4, 0.5) is 0 Å². The van der Waals surface area contributed by atoms with Crippen molar-refractivity contribution in [3.8, 4) is 5.75 Å². The molecule has 41 heavy (non-hydrogen) atoms. The van der Waals surface area contributed by atoms with Gasteiger partial charge in [-0.05, 0) is 80.4 Å². The fourth-order valence-electron chi connectivity index (χ4n) is 8.29. The summed E-state index contributed by atoms with van der Waals surface area (Å²) in [7, 11) is -6.50. The molecule has 2 saturated heterocycles. The van der Waals surface area contributed by atoms with Gasteiger partial charge in [-0.15, -0.1) is 0 Å². The number of nitrogens with zero attached hydrogens (tertiary/aromatic N) is 1. The van der Waals surface area contributed by atoms with Crippen molar-refractivity contribution in [1.82, 2.24) is 4.90 Å². The summed E-state index contributed by atoms with van der Waals surface area (Å²) in [6.45, 7) is 2.55. The molecule has 1 N–H and O–H groups in total. The molecule has 0 aromatic heterocycles. The molecule has 0 radical (unpaired) electrons. The summed E-state index contributed by atoms with van der Waals surface area (Å²) in [6.07, 6.45) is 11.0. The van der Waals surface area contributed by atoms with Crippen molar-refractivity contribution in [3.63, 3.8) is 0 Å². The molecule has 0 amide bonds. The first-order valence-corrected chi connectivity index (χ1v) is 18.7. The van der Waals surface area contributed by atoms with Crippen molar-refractivity contribution in [1.29, 1.82) is 0 Å². The average molecular weight is 614 g/mol. The molecule has 5 aliphatic carbocycles. The molecule has 4 bridgehead atoms. The van der Waals surface area contributed by atoms with E-state index >= 15 is 0 Å². The third kappa shape index (κ3) is 6.78. The minimum Gasteiger partial charge on any atom is -0.492 e. The summed E-state index contributed by atoms with van der Waals surface area (Å²) >= 11 is 0. The molecule has 2 heterocycles. The summed E-state index contributed by atoms with van der Waals surface area (Å²) in [6, 6.07) is 8.51. The van der Waals surface area contributed by atoms with Crippen LogP contribution in [-0.2, 0) is 34.5 Å². The molecule has 8 rings (SSSR count). The third-order valence-electron chi connectivity index (χ3n) is 10.2. The van der Waals surface area contributed by atoms with Gasteiger partial charge in [-0.2, -0.15) is 18.2 Å². The van der Waals surface area contributed by atoms with Gasteiger partial charge in [0.25, 0.3) is 10.1 Å². The van der Waals surface area contributed by atoms with Crippen LogP contribution in [0.3, 0.4) is 0 Å². The lowest BCUT2D eigenvalue weighted by molar-refractivity contribution is -0.390. The van der Waals surface area contributed by atoms with Gasteiger partial charge in [0.2, 0.25) is 11.6 Å². The Hall–Kier alpha value is -1.28.